The second-order valence-electron chi connectivity index (χ2n) is 8.44. The van der Waals surface area contributed by atoms with Gasteiger partial charge in [-0.1, -0.05) is 52.9 Å². The molecule has 0 unspecified atom stereocenters. The molecule has 0 spiro atoms. The maximum atomic E-state index is 13.0. The van der Waals surface area contributed by atoms with Crippen LogP contribution in [0.4, 0.5) is 0 Å². The zero-order chi connectivity index (χ0) is 21.2. The molecule has 2 rings (SSSR count). The first-order chi connectivity index (χ1) is 13.9. The minimum atomic E-state index is -0.0754. The van der Waals surface area contributed by atoms with E-state index in [1.807, 2.05) is 38.1 Å². The molecule has 1 aromatic heterocycles. The Bertz CT molecular complexity index is 760. The topological polar surface area (TPSA) is 44.1 Å². The summed E-state index contributed by atoms with van der Waals surface area (Å²) in [5.74, 6) is 1.35. The van der Waals surface area contributed by atoms with Crippen LogP contribution in [-0.2, 0) is 6.42 Å². The molecule has 0 fully saturated rings. The Morgan fingerprint density at radius 3 is 2.34 bits per heavy atom. The molecule has 0 N–H and O–H groups in total. The third-order valence-corrected chi connectivity index (χ3v) is 5.48. The van der Waals surface area contributed by atoms with Gasteiger partial charge in [0.2, 0.25) is 0 Å². The van der Waals surface area contributed by atoms with Gasteiger partial charge in [0, 0.05) is 11.3 Å². The minimum Gasteiger partial charge on any atom is -0.494 e. The van der Waals surface area contributed by atoms with Gasteiger partial charge in [0.25, 0.3) is 5.91 Å². The highest BCUT2D eigenvalue weighted by Crippen LogP contribution is 2.20. The van der Waals surface area contributed by atoms with Crippen LogP contribution < -0.4 is 4.74 Å². The summed E-state index contributed by atoms with van der Waals surface area (Å²) in [6, 6.07) is 7.40. The Hall–Kier alpha value is -2.10. The Morgan fingerprint density at radius 2 is 1.69 bits per heavy atom. The molecule has 1 heterocycles. The summed E-state index contributed by atoms with van der Waals surface area (Å²) < 4.78 is 7.32. The molecular formula is C25H38N2O2. The summed E-state index contributed by atoms with van der Waals surface area (Å²) in [7, 11) is 0. The summed E-state index contributed by atoms with van der Waals surface area (Å²) >= 11 is 0. The van der Waals surface area contributed by atoms with Crippen molar-refractivity contribution in [3.8, 4) is 5.75 Å². The molecule has 0 aliphatic rings. The Labute approximate surface area is 176 Å². The third-order valence-electron chi connectivity index (χ3n) is 5.48. The molecule has 4 nitrogen and oxygen atoms in total. The van der Waals surface area contributed by atoms with Gasteiger partial charge in [-0.05, 0) is 68.9 Å². The molecule has 0 amide bonds. The van der Waals surface area contributed by atoms with Crippen molar-refractivity contribution < 1.29 is 9.53 Å². The van der Waals surface area contributed by atoms with Crippen LogP contribution in [0.5, 0.6) is 5.75 Å². The van der Waals surface area contributed by atoms with Crippen molar-refractivity contribution in [2.45, 2.75) is 86.0 Å². The number of carbonyl (C=O) groups excluding carboxylic acids is 1. The Kier molecular flexibility index (Phi) is 9.43. The smallest absolute Gasteiger partial charge is 0.278 e. The van der Waals surface area contributed by atoms with Crippen molar-refractivity contribution >= 4 is 5.91 Å². The first-order valence-corrected chi connectivity index (χ1v) is 11.3. The zero-order valence-electron chi connectivity index (χ0n) is 19.0. The summed E-state index contributed by atoms with van der Waals surface area (Å²) in [6.07, 6.45) is 9.65. The summed E-state index contributed by atoms with van der Waals surface area (Å²) in [5.41, 5.74) is 3.80. The molecule has 0 radical (unpaired) electrons. The van der Waals surface area contributed by atoms with Gasteiger partial charge in [-0.3, -0.25) is 4.79 Å². The van der Waals surface area contributed by atoms with Crippen molar-refractivity contribution in [3.63, 3.8) is 0 Å². The van der Waals surface area contributed by atoms with Gasteiger partial charge in [-0.2, -0.15) is 5.10 Å². The predicted molar refractivity (Wildman–Crippen MR) is 120 cm³/mol. The number of carbonyl (C=O) groups is 1. The zero-order valence-corrected chi connectivity index (χ0v) is 19.0. The Morgan fingerprint density at radius 1 is 1.03 bits per heavy atom. The van der Waals surface area contributed by atoms with Crippen molar-refractivity contribution in [1.29, 1.82) is 0 Å². The predicted octanol–water partition coefficient (Wildman–Crippen LogP) is 6.52. The molecular weight excluding hydrogens is 360 g/mol. The SMILES string of the molecule is CCCCCCCCc1c(C)nn(C(=O)c2ccc(OCCC(C)C)cc2)c1C. The fourth-order valence-electron chi connectivity index (χ4n) is 3.55. The molecule has 160 valence electrons. The maximum Gasteiger partial charge on any atom is 0.278 e. The monoisotopic (exact) mass is 398 g/mol. The quantitative estimate of drug-likeness (QED) is 0.382. The number of hydrogen-bond acceptors (Lipinski definition) is 3. The third kappa shape index (κ3) is 7.02. The molecule has 1 aromatic carbocycles. The standard InChI is InChI=1S/C25H38N2O2/c1-6-7-8-9-10-11-12-24-20(4)26-27(21(24)5)25(28)22-13-15-23(16-14-22)29-18-17-19(2)3/h13-16,19H,6-12,17-18H2,1-5H3. The molecule has 0 aliphatic heterocycles. The normalized spacial score (nSPS) is 11.2. The van der Waals surface area contributed by atoms with Crippen molar-refractivity contribution in [2.75, 3.05) is 6.61 Å². The van der Waals surface area contributed by atoms with E-state index in [0.717, 1.165) is 36.4 Å². The van der Waals surface area contributed by atoms with Gasteiger partial charge in [-0.15, -0.1) is 0 Å². The van der Waals surface area contributed by atoms with Crippen LogP contribution in [0.15, 0.2) is 24.3 Å². The lowest BCUT2D eigenvalue weighted by molar-refractivity contribution is 0.0942. The first-order valence-electron chi connectivity index (χ1n) is 11.3. The average molecular weight is 399 g/mol. The highest BCUT2D eigenvalue weighted by molar-refractivity contribution is 5.96. The molecule has 0 saturated carbocycles. The largest absolute Gasteiger partial charge is 0.494 e. The van der Waals surface area contributed by atoms with E-state index < -0.39 is 0 Å². The van der Waals surface area contributed by atoms with Crippen LogP contribution >= 0.6 is 0 Å². The number of unbranched alkanes of at least 4 members (excludes halogenated alkanes) is 5. The highest BCUT2D eigenvalue weighted by Gasteiger charge is 2.17. The van der Waals surface area contributed by atoms with E-state index in [1.54, 1.807) is 4.68 Å². The van der Waals surface area contributed by atoms with Crippen LogP contribution in [-0.4, -0.2) is 22.3 Å². The van der Waals surface area contributed by atoms with Crippen molar-refractivity contribution in [2.24, 2.45) is 5.92 Å². The van der Waals surface area contributed by atoms with Gasteiger partial charge in [0.05, 0.1) is 12.3 Å². The molecule has 29 heavy (non-hydrogen) atoms. The minimum absolute atomic E-state index is 0.0754. The van der Waals surface area contributed by atoms with Crippen LogP contribution in [0.1, 0.15) is 93.0 Å². The van der Waals surface area contributed by atoms with Gasteiger partial charge in [-0.25, -0.2) is 4.68 Å². The van der Waals surface area contributed by atoms with Crippen molar-refractivity contribution in [3.05, 3.63) is 46.8 Å². The molecule has 0 atom stereocenters. The van der Waals surface area contributed by atoms with Gasteiger partial charge < -0.3 is 4.74 Å². The molecule has 0 aliphatic carbocycles. The van der Waals surface area contributed by atoms with E-state index in [2.05, 4.69) is 25.9 Å². The van der Waals surface area contributed by atoms with Crippen LogP contribution in [0.3, 0.4) is 0 Å². The van der Waals surface area contributed by atoms with Crippen LogP contribution in [0.2, 0.25) is 0 Å². The summed E-state index contributed by atoms with van der Waals surface area (Å²) in [5, 5.41) is 4.54. The maximum absolute atomic E-state index is 13.0. The average Bonchev–Trinajstić information content (AvgIpc) is 2.98. The summed E-state index contributed by atoms with van der Waals surface area (Å²) in [4.78, 5) is 13.0. The van der Waals surface area contributed by atoms with Crippen LogP contribution in [0.25, 0.3) is 0 Å². The molecule has 2 aromatic rings. The Balaban J connectivity index is 1.96. The lowest BCUT2D eigenvalue weighted by Crippen LogP contribution is -2.15. The number of hydrogen-bond donors (Lipinski definition) is 0. The van der Waals surface area contributed by atoms with Crippen molar-refractivity contribution in [1.82, 2.24) is 9.78 Å². The van der Waals surface area contributed by atoms with E-state index >= 15 is 0 Å². The molecule has 0 saturated heterocycles. The van der Waals surface area contributed by atoms with E-state index in [4.69, 9.17) is 4.74 Å². The van der Waals surface area contributed by atoms with Gasteiger partial charge >= 0.3 is 0 Å². The number of rotatable bonds is 12. The fourth-order valence-corrected chi connectivity index (χ4v) is 3.55. The second-order valence-corrected chi connectivity index (χ2v) is 8.44. The van der Waals surface area contributed by atoms with Crippen LogP contribution in [0, 0.1) is 19.8 Å². The fraction of sp³-hybridized carbons (Fsp3) is 0.600. The number of nitrogens with zero attached hydrogens (tertiary/aromatic N) is 2. The lowest BCUT2D eigenvalue weighted by Gasteiger charge is -2.09. The molecule has 0 bridgehead atoms. The number of aryl methyl sites for hydroxylation is 1. The van der Waals surface area contributed by atoms with Gasteiger partial charge in [0.1, 0.15) is 5.75 Å². The summed E-state index contributed by atoms with van der Waals surface area (Å²) in [6.45, 7) is 11.3. The van der Waals surface area contributed by atoms with E-state index in [1.165, 1.54) is 37.7 Å². The first kappa shape index (κ1) is 23.2. The highest BCUT2D eigenvalue weighted by atomic mass is 16.5. The second kappa shape index (κ2) is 11.8. The number of benzene rings is 1. The van der Waals surface area contributed by atoms with E-state index in [9.17, 15) is 4.79 Å². The number of ether oxygens (including phenoxy) is 1. The number of aromatic nitrogens is 2. The van der Waals surface area contributed by atoms with Gasteiger partial charge in [0.15, 0.2) is 0 Å². The molecule has 4 heteroatoms. The lowest BCUT2D eigenvalue weighted by atomic mass is 10.0. The van der Waals surface area contributed by atoms with E-state index in [0.29, 0.717) is 18.1 Å². The van der Waals surface area contributed by atoms with E-state index in [-0.39, 0.29) is 5.91 Å².